The Kier molecular flexibility index (Phi) is 7.51. The average molecular weight is 503 g/mol. The summed E-state index contributed by atoms with van der Waals surface area (Å²) in [7, 11) is -1.72. The summed E-state index contributed by atoms with van der Waals surface area (Å²) < 4.78 is 30.9. The number of sulfonamides is 1. The van der Waals surface area contributed by atoms with Crippen molar-refractivity contribution in [2.75, 3.05) is 32.7 Å². The summed E-state index contributed by atoms with van der Waals surface area (Å²) in [5.74, 6) is 0.596. The van der Waals surface area contributed by atoms with Crippen LogP contribution in [0, 0.1) is 4.64 Å². The highest BCUT2D eigenvalue weighted by Gasteiger charge is 2.29. The lowest BCUT2D eigenvalue weighted by Gasteiger charge is -2.33. The number of piperazine rings is 1. The van der Waals surface area contributed by atoms with Crippen LogP contribution in [0.3, 0.4) is 0 Å². The highest BCUT2D eigenvalue weighted by molar-refractivity contribution is 7.89. The second kappa shape index (κ2) is 10.2. The molecule has 1 aliphatic heterocycles. The number of hydrogen-bond acceptors (Lipinski definition) is 6. The second-order valence-corrected chi connectivity index (χ2v) is 11.2. The topological polar surface area (TPSA) is 87.1 Å². The maximum absolute atomic E-state index is 13.5. The molecule has 0 unspecified atom stereocenters. The second-order valence-electron chi connectivity index (χ2n) is 8.84. The van der Waals surface area contributed by atoms with E-state index in [1.54, 1.807) is 21.1 Å². The molecule has 1 N–H and O–H groups in total. The summed E-state index contributed by atoms with van der Waals surface area (Å²) in [6, 6.07) is 5.42. The number of hydrogen-bond donors (Lipinski definition) is 1. The van der Waals surface area contributed by atoms with Gasteiger partial charge in [-0.25, -0.2) is 13.4 Å². The number of nitrogens with one attached hydrogen (secondary N) is 1. The zero-order valence-corrected chi connectivity index (χ0v) is 22.1. The summed E-state index contributed by atoms with van der Waals surface area (Å²) in [4.78, 5) is 10.8. The van der Waals surface area contributed by atoms with Crippen LogP contribution in [-0.2, 0) is 29.9 Å². The van der Waals surface area contributed by atoms with Crippen molar-refractivity contribution in [3.05, 3.63) is 34.1 Å². The van der Waals surface area contributed by atoms with Crippen molar-refractivity contribution in [3.8, 4) is 11.4 Å². The third kappa shape index (κ3) is 4.68. The molecule has 8 nitrogen and oxygen atoms in total. The lowest BCUT2D eigenvalue weighted by molar-refractivity contribution is 0.196. The number of aromatic amines is 1. The van der Waals surface area contributed by atoms with E-state index in [4.69, 9.17) is 17.2 Å². The van der Waals surface area contributed by atoms with Crippen LogP contribution in [0.5, 0.6) is 0 Å². The van der Waals surface area contributed by atoms with E-state index in [0.717, 1.165) is 73.2 Å². The zero-order valence-electron chi connectivity index (χ0n) is 20.5. The van der Waals surface area contributed by atoms with Crippen LogP contribution >= 0.6 is 12.2 Å². The minimum Gasteiger partial charge on any atom is -0.329 e. The molecular formula is C24H34N6O2S2. The number of aryl methyl sites for hydroxylation is 3. The monoisotopic (exact) mass is 502 g/mol. The first-order chi connectivity index (χ1) is 16.3. The molecule has 3 aromatic rings. The molecule has 0 radical (unpaired) electrons. The van der Waals surface area contributed by atoms with Crippen molar-refractivity contribution in [1.29, 1.82) is 0 Å². The third-order valence-corrected chi connectivity index (χ3v) is 8.71. The zero-order chi connectivity index (χ0) is 24.5. The molecule has 10 heteroatoms. The van der Waals surface area contributed by atoms with Gasteiger partial charge in [-0.15, -0.1) is 0 Å². The molecule has 0 saturated carbocycles. The van der Waals surface area contributed by atoms with E-state index in [2.05, 4.69) is 35.8 Å². The Bertz CT molecular complexity index is 1340. The quantitative estimate of drug-likeness (QED) is 0.470. The Morgan fingerprint density at radius 3 is 2.41 bits per heavy atom. The maximum Gasteiger partial charge on any atom is 0.243 e. The minimum atomic E-state index is -3.60. The number of fused-ring (bicyclic) bond motifs is 1. The predicted octanol–water partition coefficient (Wildman–Crippen LogP) is 3.92. The van der Waals surface area contributed by atoms with Gasteiger partial charge in [0.1, 0.15) is 21.5 Å². The molecule has 4 rings (SSSR count). The van der Waals surface area contributed by atoms with Crippen molar-refractivity contribution in [1.82, 2.24) is 29.0 Å². The smallest absolute Gasteiger partial charge is 0.243 e. The lowest BCUT2D eigenvalue weighted by Crippen LogP contribution is -2.48. The Hall–Kier alpha value is -2.14. The van der Waals surface area contributed by atoms with E-state index in [-0.39, 0.29) is 0 Å². The molecule has 184 valence electrons. The van der Waals surface area contributed by atoms with Gasteiger partial charge in [0.25, 0.3) is 0 Å². The first kappa shape index (κ1) is 25.0. The van der Waals surface area contributed by atoms with Gasteiger partial charge in [0.15, 0.2) is 0 Å². The van der Waals surface area contributed by atoms with Crippen molar-refractivity contribution >= 4 is 33.3 Å². The summed E-state index contributed by atoms with van der Waals surface area (Å²) in [6.45, 7) is 9.78. The third-order valence-electron chi connectivity index (χ3n) is 6.52. The van der Waals surface area contributed by atoms with Crippen LogP contribution in [0.1, 0.15) is 44.9 Å². The normalized spacial score (nSPS) is 15.9. The van der Waals surface area contributed by atoms with Gasteiger partial charge in [-0.05, 0) is 37.1 Å². The van der Waals surface area contributed by atoms with Crippen LogP contribution < -0.4 is 0 Å². The molecule has 3 heterocycles. The number of H-pyrrole nitrogens is 1. The summed E-state index contributed by atoms with van der Waals surface area (Å²) in [5.41, 5.74) is 4.34. The fourth-order valence-electron chi connectivity index (χ4n) is 4.64. The van der Waals surface area contributed by atoms with E-state index in [0.29, 0.717) is 28.4 Å². The van der Waals surface area contributed by atoms with Crippen molar-refractivity contribution in [2.24, 2.45) is 7.05 Å². The number of rotatable bonds is 8. The lowest BCUT2D eigenvalue weighted by atomic mass is 10.0. The molecular weight excluding hydrogens is 468 g/mol. The van der Waals surface area contributed by atoms with Crippen LogP contribution in [0.4, 0.5) is 0 Å². The SMILES string of the molecule is CCCc1ccc(S(=O)(=O)N2CCN(CC)CC2)cc1-c1nc2c(CCC)nn(C)c2c(=S)[nH]1. The van der Waals surface area contributed by atoms with E-state index in [1.165, 1.54) is 0 Å². The van der Waals surface area contributed by atoms with Crippen molar-refractivity contribution in [2.45, 2.75) is 51.3 Å². The van der Waals surface area contributed by atoms with Crippen LogP contribution in [0.15, 0.2) is 23.1 Å². The Balaban J connectivity index is 1.82. The van der Waals surface area contributed by atoms with E-state index in [9.17, 15) is 8.42 Å². The van der Waals surface area contributed by atoms with Gasteiger partial charge >= 0.3 is 0 Å². The van der Waals surface area contributed by atoms with Crippen molar-refractivity contribution in [3.63, 3.8) is 0 Å². The predicted molar refractivity (Wildman–Crippen MR) is 138 cm³/mol. The van der Waals surface area contributed by atoms with E-state index >= 15 is 0 Å². The molecule has 1 saturated heterocycles. The van der Waals surface area contributed by atoms with Gasteiger partial charge in [0.2, 0.25) is 10.0 Å². The number of nitrogens with zero attached hydrogens (tertiary/aromatic N) is 5. The Morgan fingerprint density at radius 2 is 1.76 bits per heavy atom. The molecule has 1 aliphatic rings. The van der Waals surface area contributed by atoms with Crippen LogP contribution in [0.2, 0.25) is 0 Å². The van der Waals surface area contributed by atoms with Crippen LogP contribution in [-0.4, -0.2) is 70.1 Å². The number of likely N-dealkylation sites (N-methyl/N-ethyl adjacent to an activating group) is 1. The van der Waals surface area contributed by atoms with Crippen molar-refractivity contribution < 1.29 is 8.42 Å². The summed E-state index contributed by atoms with van der Waals surface area (Å²) in [5, 5.41) is 4.63. The number of aromatic nitrogens is 4. The van der Waals surface area contributed by atoms with Gasteiger partial charge in [-0.2, -0.15) is 9.40 Å². The molecule has 1 aromatic carbocycles. The highest BCUT2D eigenvalue weighted by atomic mass is 32.2. The molecule has 0 bridgehead atoms. The summed E-state index contributed by atoms with van der Waals surface area (Å²) in [6.07, 6.45) is 3.52. The first-order valence-electron chi connectivity index (χ1n) is 12.1. The molecule has 0 aliphatic carbocycles. The highest BCUT2D eigenvalue weighted by Crippen LogP contribution is 2.29. The van der Waals surface area contributed by atoms with Crippen LogP contribution in [0.25, 0.3) is 22.4 Å². The Morgan fingerprint density at radius 1 is 1.06 bits per heavy atom. The molecule has 0 spiro atoms. The largest absolute Gasteiger partial charge is 0.329 e. The fraction of sp³-hybridized carbons (Fsp3) is 0.542. The maximum atomic E-state index is 13.5. The van der Waals surface area contributed by atoms with E-state index in [1.807, 2.05) is 13.1 Å². The van der Waals surface area contributed by atoms with Gasteiger partial charge in [-0.3, -0.25) is 4.68 Å². The Labute approximate surface area is 207 Å². The standard InChI is InChI=1S/C24H34N6O2S2/c1-5-8-17-10-11-18(34(31,32)30-14-12-29(7-3)13-15-30)16-19(17)23-25-21-20(9-6-2)27-28(4)22(21)24(33)26-23/h10-11,16H,5-9,12-15H2,1-4H3,(H,25,26,33). The van der Waals surface area contributed by atoms with Gasteiger partial charge in [0.05, 0.1) is 10.6 Å². The van der Waals surface area contributed by atoms with E-state index < -0.39 is 10.0 Å². The fourth-order valence-corrected chi connectivity index (χ4v) is 6.41. The van der Waals surface area contributed by atoms with Gasteiger partial charge in [-0.1, -0.05) is 51.9 Å². The molecule has 2 aromatic heterocycles. The van der Waals surface area contributed by atoms with Gasteiger partial charge in [0, 0.05) is 38.8 Å². The first-order valence-corrected chi connectivity index (χ1v) is 14.0. The molecule has 0 amide bonds. The average Bonchev–Trinajstić information content (AvgIpc) is 3.15. The molecule has 1 fully saturated rings. The minimum absolute atomic E-state index is 0.300. The van der Waals surface area contributed by atoms with Gasteiger partial charge < -0.3 is 9.88 Å². The number of benzene rings is 1. The molecule has 34 heavy (non-hydrogen) atoms. The molecule has 0 atom stereocenters. The summed E-state index contributed by atoms with van der Waals surface area (Å²) >= 11 is 5.68.